The van der Waals surface area contributed by atoms with Crippen molar-refractivity contribution in [1.82, 2.24) is 15.0 Å². The maximum Gasteiger partial charge on any atom is 0.178 e. The number of pyridine rings is 1. The van der Waals surface area contributed by atoms with Crippen LogP contribution in [-0.2, 0) is 9.84 Å². The van der Waals surface area contributed by atoms with E-state index < -0.39 is 9.84 Å². The zero-order valence-corrected chi connectivity index (χ0v) is 16.8. The van der Waals surface area contributed by atoms with Gasteiger partial charge < -0.3 is 15.4 Å². The van der Waals surface area contributed by atoms with E-state index in [0.29, 0.717) is 33.9 Å². The van der Waals surface area contributed by atoms with Gasteiger partial charge in [-0.2, -0.15) is 0 Å². The lowest BCUT2D eigenvalue weighted by Crippen LogP contribution is -2.05. The number of hydrogen-bond acceptors (Lipinski definition) is 8. The fraction of sp³-hybridized carbons (Fsp3) is 0.167. The minimum atomic E-state index is -3.35. The van der Waals surface area contributed by atoms with E-state index in [2.05, 4.69) is 25.6 Å². The molecule has 0 saturated heterocycles. The molecule has 2 aromatic heterocycles. The number of anilines is 4. The van der Waals surface area contributed by atoms with Crippen molar-refractivity contribution in [1.29, 1.82) is 0 Å². The standard InChI is InChI=1S/C18H18ClN5O3S/c1-3-28(25,26)13-5-6-15(27-2)14(8-13)23-17-9-18(22-11-21-17)24-16-7-4-12(19)10-20-16/h4-11H,3H2,1-2H3,(H2,20,21,22,23,24). The number of rotatable bonds is 7. The van der Waals surface area contributed by atoms with Crippen molar-refractivity contribution < 1.29 is 13.2 Å². The number of nitrogens with zero attached hydrogens (tertiary/aromatic N) is 3. The third kappa shape index (κ3) is 4.68. The minimum Gasteiger partial charge on any atom is -0.495 e. The first-order valence-electron chi connectivity index (χ1n) is 8.29. The quantitative estimate of drug-likeness (QED) is 0.595. The Morgan fingerprint density at radius 3 is 2.39 bits per heavy atom. The molecule has 0 unspecified atom stereocenters. The molecule has 28 heavy (non-hydrogen) atoms. The average molecular weight is 420 g/mol. The SMILES string of the molecule is CCS(=O)(=O)c1ccc(OC)c(Nc2cc(Nc3ccc(Cl)cn3)ncn2)c1. The van der Waals surface area contributed by atoms with Gasteiger partial charge >= 0.3 is 0 Å². The fourth-order valence-electron chi connectivity index (χ4n) is 2.36. The van der Waals surface area contributed by atoms with E-state index in [-0.39, 0.29) is 10.6 Å². The Morgan fingerprint density at radius 1 is 1.00 bits per heavy atom. The van der Waals surface area contributed by atoms with E-state index in [1.165, 1.54) is 31.8 Å². The van der Waals surface area contributed by atoms with E-state index in [9.17, 15) is 8.42 Å². The van der Waals surface area contributed by atoms with Crippen LogP contribution in [0, 0.1) is 0 Å². The van der Waals surface area contributed by atoms with Gasteiger partial charge in [0.2, 0.25) is 0 Å². The maximum atomic E-state index is 12.2. The summed E-state index contributed by atoms with van der Waals surface area (Å²) in [5.74, 6) is 2.03. The van der Waals surface area contributed by atoms with Crippen molar-refractivity contribution in [3.05, 3.63) is 53.9 Å². The summed E-state index contributed by atoms with van der Waals surface area (Å²) in [6.45, 7) is 1.60. The number of sulfone groups is 1. The minimum absolute atomic E-state index is 0.00837. The molecule has 0 aliphatic heterocycles. The molecule has 0 aliphatic rings. The third-order valence-electron chi connectivity index (χ3n) is 3.82. The van der Waals surface area contributed by atoms with Crippen LogP contribution in [0.25, 0.3) is 0 Å². The van der Waals surface area contributed by atoms with Gasteiger partial charge in [0.1, 0.15) is 29.5 Å². The molecule has 3 rings (SSSR count). The molecule has 0 bridgehead atoms. The normalized spacial score (nSPS) is 11.1. The van der Waals surface area contributed by atoms with Crippen molar-refractivity contribution in [2.75, 3.05) is 23.5 Å². The molecule has 0 fully saturated rings. The predicted octanol–water partition coefficient (Wildman–Crippen LogP) is 3.81. The van der Waals surface area contributed by atoms with E-state index >= 15 is 0 Å². The lowest BCUT2D eigenvalue weighted by atomic mass is 10.3. The van der Waals surface area contributed by atoms with Gasteiger partial charge in [-0.15, -0.1) is 0 Å². The average Bonchev–Trinajstić information content (AvgIpc) is 2.70. The molecule has 146 valence electrons. The zero-order valence-electron chi connectivity index (χ0n) is 15.2. The van der Waals surface area contributed by atoms with Gasteiger partial charge in [-0.25, -0.2) is 23.4 Å². The molecular formula is C18H18ClN5O3S. The second-order valence-electron chi connectivity index (χ2n) is 5.67. The zero-order chi connectivity index (χ0) is 20.1. The number of aromatic nitrogens is 3. The largest absolute Gasteiger partial charge is 0.495 e. The summed E-state index contributed by atoms with van der Waals surface area (Å²) in [5.41, 5.74) is 0.478. The van der Waals surface area contributed by atoms with Crippen molar-refractivity contribution in [3.63, 3.8) is 0 Å². The summed E-state index contributed by atoms with van der Waals surface area (Å²) in [6.07, 6.45) is 2.90. The highest BCUT2D eigenvalue weighted by Gasteiger charge is 2.15. The van der Waals surface area contributed by atoms with E-state index in [0.717, 1.165) is 0 Å². The summed E-state index contributed by atoms with van der Waals surface area (Å²) in [4.78, 5) is 12.7. The lowest BCUT2D eigenvalue weighted by Gasteiger charge is -2.13. The summed E-state index contributed by atoms with van der Waals surface area (Å²) in [7, 11) is -1.84. The van der Waals surface area contributed by atoms with Crippen LogP contribution in [-0.4, -0.2) is 36.2 Å². The molecule has 10 heteroatoms. The molecular weight excluding hydrogens is 402 g/mol. The van der Waals surface area contributed by atoms with E-state index in [1.807, 2.05) is 0 Å². The van der Waals surface area contributed by atoms with Crippen LogP contribution in [0.2, 0.25) is 5.02 Å². The molecule has 0 amide bonds. The monoisotopic (exact) mass is 419 g/mol. The van der Waals surface area contributed by atoms with Gasteiger partial charge in [0.25, 0.3) is 0 Å². The summed E-state index contributed by atoms with van der Waals surface area (Å²) < 4.78 is 29.6. The second kappa shape index (κ2) is 8.41. The first-order chi connectivity index (χ1) is 13.4. The summed E-state index contributed by atoms with van der Waals surface area (Å²) in [5, 5.41) is 6.65. The number of benzene rings is 1. The predicted molar refractivity (Wildman–Crippen MR) is 109 cm³/mol. The Morgan fingerprint density at radius 2 is 1.75 bits per heavy atom. The highest BCUT2D eigenvalue weighted by atomic mass is 35.5. The Hall–Kier alpha value is -2.91. The van der Waals surface area contributed by atoms with Crippen molar-refractivity contribution in [2.24, 2.45) is 0 Å². The Bertz CT molecular complexity index is 1070. The first-order valence-corrected chi connectivity index (χ1v) is 10.3. The van der Waals surface area contributed by atoms with Gasteiger partial charge in [0.15, 0.2) is 9.84 Å². The number of methoxy groups -OCH3 is 1. The number of ether oxygens (including phenoxy) is 1. The third-order valence-corrected chi connectivity index (χ3v) is 5.78. The van der Waals surface area contributed by atoms with Crippen molar-refractivity contribution in [2.45, 2.75) is 11.8 Å². The number of halogens is 1. The van der Waals surface area contributed by atoms with Gasteiger partial charge in [-0.05, 0) is 30.3 Å². The molecule has 8 nitrogen and oxygen atoms in total. The molecule has 0 saturated carbocycles. The molecule has 1 aromatic carbocycles. The van der Waals surface area contributed by atoms with Crippen LogP contribution in [0.1, 0.15) is 6.92 Å². The fourth-order valence-corrected chi connectivity index (χ4v) is 3.38. The van der Waals surface area contributed by atoms with Gasteiger partial charge in [0.05, 0.1) is 28.5 Å². The van der Waals surface area contributed by atoms with E-state index in [1.54, 1.807) is 31.2 Å². The smallest absolute Gasteiger partial charge is 0.178 e. The molecule has 0 spiro atoms. The lowest BCUT2D eigenvalue weighted by molar-refractivity contribution is 0.416. The second-order valence-corrected chi connectivity index (χ2v) is 8.38. The van der Waals surface area contributed by atoms with Gasteiger partial charge in [-0.1, -0.05) is 18.5 Å². The topological polar surface area (TPSA) is 106 Å². The molecule has 0 radical (unpaired) electrons. The molecule has 0 aliphatic carbocycles. The van der Waals surface area contributed by atoms with Gasteiger partial charge in [0, 0.05) is 12.3 Å². The number of nitrogens with one attached hydrogen (secondary N) is 2. The van der Waals surface area contributed by atoms with E-state index in [4.69, 9.17) is 16.3 Å². The highest BCUT2D eigenvalue weighted by molar-refractivity contribution is 7.91. The van der Waals surface area contributed by atoms with Crippen molar-refractivity contribution in [3.8, 4) is 5.75 Å². The van der Waals surface area contributed by atoms with Crippen LogP contribution in [0.4, 0.5) is 23.1 Å². The highest BCUT2D eigenvalue weighted by Crippen LogP contribution is 2.30. The van der Waals surface area contributed by atoms with Crippen LogP contribution in [0.3, 0.4) is 0 Å². The van der Waals surface area contributed by atoms with Gasteiger partial charge in [-0.3, -0.25) is 0 Å². The van der Waals surface area contributed by atoms with Crippen LogP contribution >= 0.6 is 11.6 Å². The first kappa shape index (κ1) is 19.8. The summed E-state index contributed by atoms with van der Waals surface area (Å²) >= 11 is 5.83. The Labute approximate surface area is 167 Å². The Kier molecular flexibility index (Phi) is 5.96. The molecule has 0 atom stereocenters. The summed E-state index contributed by atoms with van der Waals surface area (Å²) in [6, 6.07) is 9.73. The Balaban J connectivity index is 1.87. The van der Waals surface area contributed by atoms with Crippen LogP contribution in [0.15, 0.2) is 53.8 Å². The molecule has 2 heterocycles. The van der Waals surface area contributed by atoms with Crippen LogP contribution in [0.5, 0.6) is 5.75 Å². The maximum absolute atomic E-state index is 12.2. The molecule has 3 aromatic rings. The number of hydrogen-bond donors (Lipinski definition) is 2. The molecule has 2 N–H and O–H groups in total. The van der Waals surface area contributed by atoms with Crippen molar-refractivity contribution >= 4 is 44.6 Å². The van der Waals surface area contributed by atoms with Crippen LogP contribution < -0.4 is 15.4 Å².